The standard InChI is InChI=1S/C22H21N2O4/c1-21(2)11-10-15-19(27)18(13-6-4-5-7-14(13)20(15)28-21)23-22(3)12-24(22)16(25)8-9-17(24)26/h4-9H,10-12H2,1-3H3/q+1. The summed E-state index contributed by atoms with van der Waals surface area (Å²) in [4.78, 5) is 42.7. The molecule has 0 saturated carbocycles. The first-order valence-electron chi connectivity index (χ1n) is 9.50. The molecule has 1 atom stereocenters. The highest BCUT2D eigenvalue weighted by molar-refractivity contribution is 6.54. The van der Waals surface area contributed by atoms with Gasteiger partial charge < -0.3 is 4.74 Å². The first kappa shape index (κ1) is 17.3. The van der Waals surface area contributed by atoms with E-state index in [1.807, 2.05) is 38.1 Å². The zero-order valence-electron chi connectivity index (χ0n) is 16.1. The number of nitrogens with zero attached hydrogens (tertiary/aromatic N) is 2. The number of carbonyl (C=O) groups excluding carboxylic acids is 3. The van der Waals surface area contributed by atoms with Crippen LogP contribution in [0.5, 0.6) is 0 Å². The molecule has 0 bridgehead atoms. The van der Waals surface area contributed by atoms with Crippen LogP contribution in [0.2, 0.25) is 0 Å². The lowest BCUT2D eigenvalue weighted by molar-refractivity contribution is -0.660. The molecule has 1 saturated heterocycles. The second-order valence-electron chi connectivity index (χ2n) is 8.70. The summed E-state index contributed by atoms with van der Waals surface area (Å²) in [6.45, 7) is 6.09. The quantitative estimate of drug-likeness (QED) is 0.428. The molecule has 2 amide bonds. The van der Waals surface area contributed by atoms with Gasteiger partial charge in [-0.1, -0.05) is 24.3 Å². The number of ether oxygens (including phenoxy) is 1. The number of allylic oxidation sites excluding steroid dienone is 1. The number of fused-ring (bicyclic) bond motifs is 2. The van der Waals surface area contributed by atoms with Gasteiger partial charge in [-0.15, -0.1) is 0 Å². The smallest absolute Gasteiger partial charge is 0.349 e. The number of benzene rings is 1. The molecule has 6 nitrogen and oxygen atoms in total. The summed E-state index contributed by atoms with van der Waals surface area (Å²) in [6.07, 6.45) is 3.97. The zero-order valence-corrected chi connectivity index (χ0v) is 16.1. The van der Waals surface area contributed by atoms with Crippen LogP contribution in [-0.2, 0) is 19.1 Å². The Kier molecular flexibility index (Phi) is 3.17. The van der Waals surface area contributed by atoms with Crippen molar-refractivity contribution < 1.29 is 23.6 Å². The number of aliphatic imine (C=N–C) groups is 1. The van der Waals surface area contributed by atoms with Gasteiger partial charge in [0.1, 0.15) is 17.1 Å². The lowest BCUT2D eigenvalue weighted by atomic mass is 9.82. The molecule has 5 rings (SSSR count). The Morgan fingerprint density at radius 1 is 1.00 bits per heavy atom. The molecule has 1 spiro atoms. The topological polar surface area (TPSA) is 72.8 Å². The third-order valence-corrected chi connectivity index (χ3v) is 6.27. The Hall–Kier alpha value is -2.86. The molecule has 0 N–H and O–H groups in total. The van der Waals surface area contributed by atoms with Crippen LogP contribution < -0.4 is 0 Å². The van der Waals surface area contributed by atoms with Gasteiger partial charge in [-0.25, -0.2) is 14.6 Å². The minimum atomic E-state index is -0.942. The summed E-state index contributed by atoms with van der Waals surface area (Å²) in [5.41, 5.74) is 1.22. The molecular formula is C22H21N2O4+. The van der Waals surface area contributed by atoms with E-state index in [1.54, 1.807) is 6.92 Å². The van der Waals surface area contributed by atoms with Crippen LogP contribution >= 0.6 is 0 Å². The summed E-state index contributed by atoms with van der Waals surface area (Å²) in [5, 5.41) is 0. The molecule has 3 heterocycles. The third kappa shape index (κ3) is 2.06. The van der Waals surface area contributed by atoms with E-state index < -0.39 is 5.66 Å². The number of rotatable bonds is 1. The van der Waals surface area contributed by atoms with Crippen molar-refractivity contribution in [2.75, 3.05) is 6.54 Å². The predicted molar refractivity (Wildman–Crippen MR) is 102 cm³/mol. The monoisotopic (exact) mass is 377 g/mol. The van der Waals surface area contributed by atoms with E-state index in [1.165, 1.54) is 12.2 Å². The second kappa shape index (κ2) is 5.14. The molecule has 1 aromatic carbocycles. The number of imide groups is 1. The van der Waals surface area contributed by atoms with Gasteiger partial charge in [-0.2, -0.15) is 4.48 Å². The van der Waals surface area contributed by atoms with Crippen molar-refractivity contribution in [3.05, 3.63) is 53.1 Å². The molecule has 28 heavy (non-hydrogen) atoms. The van der Waals surface area contributed by atoms with Gasteiger partial charge in [0.05, 0.1) is 12.2 Å². The summed E-state index contributed by atoms with van der Waals surface area (Å²) < 4.78 is 5.83. The Labute approximate surface area is 162 Å². The van der Waals surface area contributed by atoms with Crippen LogP contribution in [-0.4, -0.2) is 45.6 Å². The molecule has 142 valence electrons. The largest absolute Gasteiger partial charge is 0.487 e. The van der Waals surface area contributed by atoms with Gasteiger partial charge >= 0.3 is 11.8 Å². The highest BCUT2D eigenvalue weighted by Gasteiger charge is 2.77. The van der Waals surface area contributed by atoms with Crippen LogP contribution in [0, 0.1) is 0 Å². The number of ketones is 1. The number of amides is 2. The van der Waals surface area contributed by atoms with E-state index in [-0.39, 0.29) is 34.2 Å². The molecular weight excluding hydrogens is 356 g/mol. The Balaban J connectivity index is 1.64. The lowest BCUT2D eigenvalue weighted by Crippen LogP contribution is -2.41. The van der Waals surface area contributed by atoms with Crippen molar-refractivity contribution in [3.63, 3.8) is 0 Å². The van der Waals surface area contributed by atoms with Crippen molar-refractivity contribution in [2.45, 2.75) is 44.9 Å². The normalized spacial score (nSPS) is 30.5. The number of hydrogen-bond donors (Lipinski definition) is 0. The summed E-state index contributed by atoms with van der Waals surface area (Å²) in [5.74, 6) is -0.0646. The maximum atomic E-state index is 13.3. The van der Waals surface area contributed by atoms with Gasteiger partial charge in [-0.05, 0) is 26.7 Å². The van der Waals surface area contributed by atoms with E-state index in [9.17, 15) is 14.4 Å². The fourth-order valence-electron chi connectivity index (χ4n) is 4.54. The molecule has 1 aliphatic carbocycles. The Morgan fingerprint density at radius 2 is 1.64 bits per heavy atom. The second-order valence-corrected chi connectivity index (χ2v) is 8.70. The maximum Gasteiger partial charge on any atom is 0.349 e. The number of carbonyl (C=O) groups is 3. The van der Waals surface area contributed by atoms with Gasteiger partial charge in [0, 0.05) is 23.6 Å². The highest BCUT2D eigenvalue weighted by Crippen LogP contribution is 2.49. The van der Waals surface area contributed by atoms with Crippen LogP contribution in [0.4, 0.5) is 0 Å². The average Bonchev–Trinajstić information content (AvgIpc) is 3.19. The Morgan fingerprint density at radius 3 is 2.32 bits per heavy atom. The Bertz CT molecular complexity index is 1060. The molecule has 1 aromatic rings. The maximum absolute atomic E-state index is 13.3. The molecule has 3 aliphatic heterocycles. The van der Waals surface area contributed by atoms with Crippen molar-refractivity contribution >= 4 is 29.1 Å². The van der Waals surface area contributed by atoms with Crippen LogP contribution in [0.1, 0.15) is 44.7 Å². The number of quaternary nitrogens is 1. The van der Waals surface area contributed by atoms with Crippen molar-refractivity contribution in [3.8, 4) is 0 Å². The summed E-state index contributed by atoms with van der Waals surface area (Å²) in [7, 11) is 0. The molecule has 0 aromatic heterocycles. The van der Waals surface area contributed by atoms with E-state index >= 15 is 0 Å². The minimum absolute atomic E-state index is 0.164. The highest BCUT2D eigenvalue weighted by atomic mass is 16.5. The summed E-state index contributed by atoms with van der Waals surface area (Å²) >= 11 is 0. The number of hydrogen-bond acceptors (Lipinski definition) is 5. The van der Waals surface area contributed by atoms with Crippen molar-refractivity contribution in [1.82, 2.24) is 0 Å². The van der Waals surface area contributed by atoms with E-state index in [2.05, 4.69) is 0 Å². The van der Waals surface area contributed by atoms with Crippen LogP contribution in [0.3, 0.4) is 0 Å². The number of Topliss-reactive ketones (excluding diaryl/α,β-unsaturated/α-hetero) is 1. The molecule has 0 radical (unpaired) electrons. The van der Waals surface area contributed by atoms with Crippen LogP contribution in [0.25, 0.3) is 5.76 Å². The first-order chi connectivity index (χ1) is 13.2. The molecule has 1 fully saturated rings. The molecule has 1 unspecified atom stereocenters. The van der Waals surface area contributed by atoms with Crippen molar-refractivity contribution in [2.24, 2.45) is 4.99 Å². The van der Waals surface area contributed by atoms with E-state index in [0.29, 0.717) is 29.0 Å². The van der Waals surface area contributed by atoms with Gasteiger partial charge in [-0.3, -0.25) is 4.79 Å². The van der Waals surface area contributed by atoms with E-state index in [4.69, 9.17) is 9.73 Å². The van der Waals surface area contributed by atoms with E-state index in [0.717, 1.165) is 12.0 Å². The fourth-order valence-corrected chi connectivity index (χ4v) is 4.54. The van der Waals surface area contributed by atoms with Crippen molar-refractivity contribution in [1.29, 1.82) is 0 Å². The van der Waals surface area contributed by atoms with Crippen LogP contribution in [0.15, 0.2) is 47.0 Å². The van der Waals surface area contributed by atoms with Gasteiger partial charge in [0.2, 0.25) is 5.78 Å². The zero-order chi connectivity index (χ0) is 19.9. The van der Waals surface area contributed by atoms with Gasteiger partial charge in [0.15, 0.2) is 6.54 Å². The lowest BCUT2D eigenvalue weighted by Gasteiger charge is -2.36. The third-order valence-electron chi connectivity index (χ3n) is 6.27. The van der Waals surface area contributed by atoms with Gasteiger partial charge in [0.25, 0.3) is 5.66 Å². The summed E-state index contributed by atoms with van der Waals surface area (Å²) in [6, 6.07) is 7.55. The first-order valence-corrected chi connectivity index (χ1v) is 9.50. The molecule has 6 heteroatoms. The SMILES string of the molecule is CC1(C)CCC2=C(O1)c1ccccc1C(=NC1(C)C[N+]13C(=O)C=CC3=O)C2=O. The molecule has 4 aliphatic rings. The average molecular weight is 377 g/mol. The fraction of sp³-hybridized carbons (Fsp3) is 0.364. The minimum Gasteiger partial charge on any atom is -0.487 e. The predicted octanol–water partition coefficient (Wildman–Crippen LogP) is 2.53.